The topological polar surface area (TPSA) is 26.0 Å². The summed E-state index contributed by atoms with van der Waals surface area (Å²) in [5, 5.41) is 6.22. The predicted molar refractivity (Wildman–Crippen MR) is 115 cm³/mol. The van der Waals surface area contributed by atoms with Crippen LogP contribution in [0.2, 0.25) is 5.02 Å². The van der Waals surface area contributed by atoms with E-state index >= 15 is 0 Å². The number of nitrogens with zero attached hydrogens (tertiary/aromatic N) is 1. The van der Waals surface area contributed by atoms with Crippen LogP contribution in [0, 0.1) is 0 Å². The smallest absolute Gasteiger partial charge is 0.137 e. The Morgan fingerprint density at radius 1 is 0.815 bits per heavy atom. The second-order valence-corrected chi connectivity index (χ2v) is 8.08. The van der Waals surface area contributed by atoms with Crippen molar-refractivity contribution in [3.63, 3.8) is 0 Å². The molecule has 0 unspecified atom stereocenters. The zero-order chi connectivity index (χ0) is 18.0. The van der Waals surface area contributed by atoms with E-state index in [1.165, 1.54) is 10.8 Å². The molecule has 0 aliphatic rings. The van der Waals surface area contributed by atoms with Gasteiger partial charge in [-0.3, -0.25) is 0 Å². The van der Waals surface area contributed by atoms with E-state index in [2.05, 4.69) is 48.5 Å². The number of halogens is 1. The summed E-state index contributed by atoms with van der Waals surface area (Å²) < 4.78 is 7.14. The molecule has 0 saturated carbocycles. The van der Waals surface area contributed by atoms with Crippen molar-refractivity contribution in [3.8, 4) is 10.6 Å². The van der Waals surface area contributed by atoms with Gasteiger partial charge in [0, 0.05) is 16.0 Å². The molecule has 2 nitrogen and oxygen atoms in total. The minimum atomic E-state index is 0.701. The van der Waals surface area contributed by atoms with Gasteiger partial charge >= 0.3 is 0 Å². The third-order valence-electron chi connectivity index (χ3n) is 4.95. The first-order valence-corrected chi connectivity index (χ1v) is 9.86. The summed E-state index contributed by atoms with van der Waals surface area (Å²) in [7, 11) is 0. The van der Waals surface area contributed by atoms with E-state index < -0.39 is 0 Å². The monoisotopic (exact) mass is 385 g/mol. The molecule has 4 aromatic carbocycles. The molecule has 0 spiro atoms. The Balaban J connectivity index is 1.65. The van der Waals surface area contributed by atoms with Crippen molar-refractivity contribution in [2.45, 2.75) is 0 Å². The molecule has 0 saturated heterocycles. The SMILES string of the molecule is Clc1ccc2oc3ccc4sc(-c5ccc6ccccc6c5)nc4c3c2c1. The van der Waals surface area contributed by atoms with Crippen LogP contribution < -0.4 is 0 Å². The van der Waals surface area contributed by atoms with E-state index in [1.54, 1.807) is 11.3 Å². The first-order valence-electron chi connectivity index (χ1n) is 8.67. The number of rotatable bonds is 1. The summed E-state index contributed by atoms with van der Waals surface area (Å²) in [5.41, 5.74) is 3.79. The quantitative estimate of drug-likeness (QED) is 0.290. The summed E-state index contributed by atoms with van der Waals surface area (Å²) in [6, 6.07) is 24.7. The molecule has 2 aromatic heterocycles. The van der Waals surface area contributed by atoms with Crippen molar-refractivity contribution in [2.75, 3.05) is 0 Å². The van der Waals surface area contributed by atoms with Crippen LogP contribution in [0.3, 0.4) is 0 Å². The van der Waals surface area contributed by atoms with Crippen LogP contribution in [-0.2, 0) is 0 Å². The van der Waals surface area contributed by atoms with E-state index in [0.29, 0.717) is 5.02 Å². The number of furan rings is 1. The van der Waals surface area contributed by atoms with Crippen LogP contribution in [0.1, 0.15) is 0 Å². The van der Waals surface area contributed by atoms with Gasteiger partial charge in [0.1, 0.15) is 16.2 Å². The highest BCUT2D eigenvalue weighted by Gasteiger charge is 2.15. The maximum atomic E-state index is 6.22. The van der Waals surface area contributed by atoms with E-state index in [0.717, 1.165) is 42.7 Å². The van der Waals surface area contributed by atoms with E-state index in [4.69, 9.17) is 21.0 Å². The van der Waals surface area contributed by atoms with Crippen molar-refractivity contribution in [1.29, 1.82) is 0 Å². The molecule has 0 fully saturated rings. The molecule has 0 aliphatic heterocycles. The lowest BCUT2D eigenvalue weighted by Crippen LogP contribution is -1.78. The molecule has 128 valence electrons. The Morgan fingerprint density at radius 3 is 2.59 bits per heavy atom. The maximum Gasteiger partial charge on any atom is 0.137 e. The number of benzene rings is 4. The number of fused-ring (bicyclic) bond motifs is 6. The molecule has 27 heavy (non-hydrogen) atoms. The largest absolute Gasteiger partial charge is 0.456 e. The minimum Gasteiger partial charge on any atom is -0.456 e. The zero-order valence-corrected chi connectivity index (χ0v) is 15.6. The van der Waals surface area contributed by atoms with Crippen molar-refractivity contribution >= 4 is 65.9 Å². The van der Waals surface area contributed by atoms with Gasteiger partial charge in [0.2, 0.25) is 0 Å². The van der Waals surface area contributed by atoms with Gasteiger partial charge in [-0.15, -0.1) is 11.3 Å². The van der Waals surface area contributed by atoms with E-state index in [-0.39, 0.29) is 0 Å². The molecule has 0 amide bonds. The van der Waals surface area contributed by atoms with Crippen LogP contribution in [-0.4, -0.2) is 4.98 Å². The number of thiazole rings is 1. The zero-order valence-electron chi connectivity index (χ0n) is 14.1. The first-order chi connectivity index (χ1) is 13.3. The summed E-state index contributed by atoms with van der Waals surface area (Å²) >= 11 is 7.93. The molecule has 0 radical (unpaired) electrons. The molecule has 4 heteroatoms. The summed E-state index contributed by atoms with van der Waals surface area (Å²) in [6.45, 7) is 0. The average molecular weight is 386 g/mol. The predicted octanol–water partition coefficient (Wildman–Crippen LogP) is 7.67. The Bertz CT molecular complexity index is 1490. The first kappa shape index (κ1) is 15.2. The van der Waals surface area contributed by atoms with Gasteiger partial charge < -0.3 is 4.42 Å². The third-order valence-corrected chi connectivity index (χ3v) is 6.25. The van der Waals surface area contributed by atoms with Crippen LogP contribution in [0.25, 0.3) is 53.5 Å². The molecule has 0 bridgehead atoms. The second-order valence-electron chi connectivity index (χ2n) is 6.61. The molecule has 2 heterocycles. The lowest BCUT2D eigenvalue weighted by atomic mass is 10.1. The molecule has 6 rings (SSSR count). The standard InChI is InChI=1S/C23H12ClNOS/c24-16-7-8-18-17(12-16)21-19(26-18)9-10-20-22(21)25-23(27-20)15-6-5-13-3-1-2-4-14(13)11-15/h1-12H. The lowest BCUT2D eigenvalue weighted by molar-refractivity contribution is 0.669. The van der Waals surface area contributed by atoms with Crippen molar-refractivity contribution in [2.24, 2.45) is 0 Å². The number of aromatic nitrogens is 1. The summed E-state index contributed by atoms with van der Waals surface area (Å²) in [6.07, 6.45) is 0. The van der Waals surface area contributed by atoms with Crippen LogP contribution in [0.15, 0.2) is 77.2 Å². The van der Waals surface area contributed by atoms with Crippen LogP contribution >= 0.6 is 22.9 Å². The second kappa shape index (κ2) is 5.56. The van der Waals surface area contributed by atoms with Crippen molar-refractivity contribution < 1.29 is 4.42 Å². The fraction of sp³-hybridized carbons (Fsp3) is 0. The Morgan fingerprint density at radius 2 is 1.67 bits per heavy atom. The van der Waals surface area contributed by atoms with Gasteiger partial charge in [-0.2, -0.15) is 0 Å². The van der Waals surface area contributed by atoms with Crippen molar-refractivity contribution in [3.05, 3.63) is 77.8 Å². The lowest BCUT2D eigenvalue weighted by Gasteiger charge is -2.00. The molecular formula is C23H12ClNOS. The Kier molecular flexibility index (Phi) is 3.13. The fourth-order valence-corrected chi connectivity index (χ4v) is 4.81. The van der Waals surface area contributed by atoms with Crippen molar-refractivity contribution in [1.82, 2.24) is 4.98 Å². The fourth-order valence-electron chi connectivity index (χ4n) is 3.67. The Labute approximate surface area is 163 Å². The Hall–Kier alpha value is -2.88. The molecule has 0 N–H and O–H groups in total. The highest BCUT2D eigenvalue weighted by Crippen LogP contribution is 2.39. The van der Waals surface area contributed by atoms with Crippen LogP contribution in [0.4, 0.5) is 0 Å². The highest BCUT2D eigenvalue weighted by molar-refractivity contribution is 7.21. The van der Waals surface area contributed by atoms with Gasteiger partial charge in [0.15, 0.2) is 0 Å². The number of hydrogen-bond donors (Lipinski definition) is 0. The van der Waals surface area contributed by atoms with E-state index in [1.807, 2.05) is 24.3 Å². The minimum absolute atomic E-state index is 0.701. The molecule has 0 aliphatic carbocycles. The normalized spacial score (nSPS) is 11.9. The highest BCUT2D eigenvalue weighted by atomic mass is 35.5. The van der Waals surface area contributed by atoms with Crippen LogP contribution in [0.5, 0.6) is 0 Å². The van der Waals surface area contributed by atoms with Gasteiger partial charge in [0.05, 0.1) is 15.6 Å². The summed E-state index contributed by atoms with van der Waals surface area (Å²) in [4.78, 5) is 4.99. The maximum absolute atomic E-state index is 6.22. The third kappa shape index (κ3) is 2.29. The van der Waals surface area contributed by atoms with Gasteiger partial charge in [-0.1, -0.05) is 48.0 Å². The molecule has 6 aromatic rings. The van der Waals surface area contributed by atoms with E-state index in [9.17, 15) is 0 Å². The van der Waals surface area contributed by atoms with Gasteiger partial charge in [-0.05, 0) is 47.2 Å². The average Bonchev–Trinajstić information content (AvgIpc) is 3.28. The number of hydrogen-bond acceptors (Lipinski definition) is 3. The molecular weight excluding hydrogens is 374 g/mol. The molecule has 0 atom stereocenters. The van der Waals surface area contributed by atoms with Gasteiger partial charge in [0.25, 0.3) is 0 Å². The van der Waals surface area contributed by atoms with Gasteiger partial charge in [-0.25, -0.2) is 4.98 Å². The summed E-state index contributed by atoms with van der Waals surface area (Å²) in [5.74, 6) is 0.